The number of nitrogens with one attached hydrogen (secondary N) is 1. The van der Waals surface area contributed by atoms with Crippen molar-refractivity contribution in [3.05, 3.63) is 82.5 Å². The fourth-order valence-corrected chi connectivity index (χ4v) is 6.28. The Morgan fingerprint density at radius 2 is 1.59 bits per heavy atom. The number of nitrogen functional groups attached to an aromatic ring is 1. The number of nitriles is 1. The summed E-state index contributed by atoms with van der Waals surface area (Å²) in [5, 5.41) is 13.6. The first-order valence-electron chi connectivity index (χ1n) is 18.9. The highest BCUT2D eigenvalue weighted by atomic mass is 35.5. The Kier molecular flexibility index (Phi) is 16.1. The number of thioether (sulfide) groups is 1. The van der Waals surface area contributed by atoms with Gasteiger partial charge in [0.1, 0.15) is 59.4 Å². The van der Waals surface area contributed by atoms with Gasteiger partial charge in [-0.05, 0) is 90.4 Å². The van der Waals surface area contributed by atoms with Crippen LogP contribution in [-0.2, 0) is 39.1 Å². The largest absolute Gasteiger partial charge is 0.490 e. The quantitative estimate of drug-likeness (QED) is 0.0467. The minimum Gasteiger partial charge on any atom is -0.490 e. The van der Waals surface area contributed by atoms with Crippen molar-refractivity contribution >= 4 is 58.9 Å². The van der Waals surface area contributed by atoms with Crippen LogP contribution in [0, 0.1) is 23.8 Å². The van der Waals surface area contributed by atoms with Gasteiger partial charge in [-0.15, -0.1) is 0 Å². The van der Waals surface area contributed by atoms with Crippen LogP contribution in [0.3, 0.4) is 0 Å². The zero-order valence-corrected chi connectivity index (χ0v) is 36.6. The van der Waals surface area contributed by atoms with Gasteiger partial charge in [-0.25, -0.2) is 24.4 Å². The number of benzene rings is 2. The molecule has 0 bridgehead atoms. The summed E-state index contributed by atoms with van der Waals surface area (Å²) in [5.74, 6) is -2.16. The van der Waals surface area contributed by atoms with Gasteiger partial charge in [-0.3, -0.25) is 9.59 Å². The molecule has 2 heterocycles. The van der Waals surface area contributed by atoms with Crippen molar-refractivity contribution in [2.75, 3.05) is 18.9 Å². The van der Waals surface area contributed by atoms with Crippen LogP contribution in [-0.4, -0.2) is 70.5 Å². The number of amides is 1. The third-order valence-electron chi connectivity index (χ3n) is 8.04. The molecule has 0 saturated carbocycles. The summed E-state index contributed by atoms with van der Waals surface area (Å²) in [6.07, 6.45) is -0.740. The zero-order chi connectivity index (χ0) is 45.1. The van der Waals surface area contributed by atoms with Crippen molar-refractivity contribution in [1.82, 2.24) is 15.3 Å². The van der Waals surface area contributed by atoms with E-state index in [1.165, 1.54) is 31.9 Å². The number of alkyl carbamates (subject to hydrolysis) is 1. The van der Waals surface area contributed by atoms with Gasteiger partial charge in [0.05, 0.1) is 30.2 Å². The maximum atomic E-state index is 13.1. The van der Waals surface area contributed by atoms with E-state index in [9.17, 15) is 24.4 Å². The van der Waals surface area contributed by atoms with Crippen LogP contribution in [0.15, 0.2) is 64.2 Å². The maximum absolute atomic E-state index is 13.1. The molecule has 322 valence electrons. The number of nitrogens with two attached hydrogens (primary N) is 1. The molecular formula is C43H47ClN6O10S. The number of aromatic nitrogens is 2. The first kappa shape index (κ1) is 47.4. The topological polar surface area (TPSA) is 220 Å². The Balaban J connectivity index is 1.50. The van der Waals surface area contributed by atoms with Gasteiger partial charge >= 0.3 is 24.0 Å². The van der Waals surface area contributed by atoms with E-state index < -0.39 is 59.9 Å². The summed E-state index contributed by atoms with van der Waals surface area (Å²) in [5.41, 5.74) is 6.87. The van der Waals surface area contributed by atoms with Crippen molar-refractivity contribution in [3.63, 3.8) is 0 Å². The van der Waals surface area contributed by atoms with E-state index in [-0.39, 0.29) is 52.2 Å². The molecular weight excluding hydrogens is 828 g/mol. The van der Waals surface area contributed by atoms with Crippen molar-refractivity contribution < 1.29 is 47.3 Å². The Hall–Kier alpha value is -6.30. The molecule has 16 nitrogen and oxygen atoms in total. The molecule has 3 atom stereocenters. The molecule has 0 saturated heterocycles. The number of anilines is 1. The second-order valence-corrected chi connectivity index (χ2v) is 17.0. The summed E-state index contributed by atoms with van der Waals surface area (Å²) in [6.45, 7) is 20.1. The number of hydrogen-bond acceptors (Lipinski definition) is 15. The summed E-state index contributed by atoms with van der Waals surface area (Å²) >= 11 is 7.20. The lowest BCUT2D eigenvalue weighted by atomic mass is 10.00. The second kappa shape index (κ2) is 20.8. The molecule has 4 rings (SSSR count). The molecule has 0 fully saturated rings. The number of carbonyl (C=O) groups is 4. The number of ether oxygens (including phenoxy) is 5. The zero-order valence-electron chi connectivity index (χ0n) is 35.0. The lowest BCUT2D eigenvalue weighted by Crippen LogP contribution is -2.44. The predicted molar refractivity (Wildman–Crippen MR) is 226 cm³/mol. The van der Waals surface area contributed by atoms with E-state index in [0.717, 1.165) is 5.56 Å². The Morgan fingerprint density at radius 1 is 0.951 bits per heavy atom. The molecule has 4 aromatic rings. The van der Waals surface area contributed by atoms with Crippen LogP contribution >= 0.6 is 23.4 Å². The number of halogens is 1. The van der Waals surface area contributed by atoms with Crippen molar-refractivity contribution in [2.45, 2.75) is 95.9 Å². The predicted octanol–water partition coefficient (Wildman–Crippen LogP) is 8.47. The molecule has 61 heavy (non-hydrogen) atoms. The molecule has 2 aromatic carbocycles. The first-order valence-corrected chi connectivity index (χ1v) is 20.3. The van der Waals surface area contributed by atoms with E-state index in [4.69, 9.17) is 52.0 Å². The number of esters is 3. The summed E-state index contributed by atoms with van der Waals surface area (Å²) in [7, 11) is 0. The van der Waals surface area contributed by atoms with Gasteiger partial charge in [-0.1, -0.05) is 42.4 Å². The molecule has 0 radical (unpaired) electrons. The molecule has 0 spiro atoms. The highest BCUT2D eigenvalue weighted by Crippen LogP contribution is 2.42. The molecule has 18 heteroatoms. The maximum Gasteiger partial charge on any atom is 0.408 e. The summed E-state index contributed by atoms with van der Waals surface area (Å²) in [6, 6.07) is 14.4. The molecule has 2 aromatic heterocycles. The van der Waals surface area contributed by atoms with E-state index in [1.54, 1.807) is 90.1 Å². The number of oxazole rings is 1. The highest BCUT2D eigenvalue weighted by Gasteiger charge is 2.28. The highest BCUT2D eigenvalue weighted by molar-refractivity contribution is 7.98. The SMILES string of the molecule is [C-]#[N+]c1c(N)nc(SCc2coc(-c3ccc(Cl)cc3)n2)c(C#N)c1-c1ccc(OC[C@@H](COC(=O)[C@H](C)CC(=O)OC(C)(C)C)OC(=O)[C@H](C)NC(=O)OC(C)(C)C)cc1. The number of pyridine rings is 1. The van der Waals surface area contributed by atoms with E-state index >= 15 is 0 Å². The lowest BCUT2D eigenvalue weighted by Gasteiger charge is -2.24. The third-order valence-corrected chi connectivity index (χ3v) is 9.30. The minimum absolute atomic E-state index is 0.00942. The molecule has 3 N–H and O–H groups in total. The number of carbonyl (C=O) groups excluding carboxylic acids is 4. The molecule has 0 unspecified atom stereocenters. The van der Waals surface area contributed by atoms with Crippen LogP contribution in [0.25, 0.3) is 27.4 Å². The number of hydrogen-bond donors (Lipinski definition) is 2. The van der Waals surface area contributed by atoms with Gasteiger partial charge in [0, 0.05) is 21.9 Å². The number of nitrogens with zero attached hydrogens (tertiary/aromatic N) is 4. The molecule has 1 amide bonds. The lowest BCUT2D eigenvalue weighted by molar-refractivity contribution is -0.166. The summed E-state index contributed by atoms with van der Waals surface area (Å²) in [4.78, 5) is 63.0. The molecule has 0 aliphatic carbocycles. The van der Waals surface area contributed by atoms with Crippen LogP contribution < -0.4 is 15.8 Å². The smallest absolute Gasteiger partial charge is 0.408 e. The van der Waals surface area contributed by atoms with Crippen LogP contribution in [0.5, 0.6) is 5.75 Å². The van der Waals surface area contributed by atoms with Crippen molar-refractivity contribution in [1.29, 1.82) is 5.26 Å². The number of rotatable bonds is 16. The average Bonchev–Trinajstić information content (AvgIpc) is 3.65. The Labute approximate surface area is 363 Å². The fourth-order valence-electron chi connectivity index (χ4n) is 5.28. The second-order valence-electron chi connectivity index (χ2n) is 15.6. The first-order chi connectivity index (χ1) is 28.7. The standard InChI is InChI=1S/C43H47ClN6O10S/c1-24(18-33(51)59-42(3,4)5)39(52)57-22-31(58-40(53)25(2)48-41(54)60-43(6,7)8)21-55-30-16-12-26(13-17-30)34-32(19-45)38(50-36(46)35(34)47-9)61-23-29-20-56-37(49-29)27-10-14-28(44)15-11-27/h10-17,20,24-25,31H,18,21-23H2,1-8H3,(H2,46,50)(H,48,54)/t24-,25+,31+/m1/s1. The van der Waals surface area contributed by atoms with E-state index in [0.29, 0.717) is 22.2 Å². The van der Waals surface area contributed by atoms with Crippen LogP contribution in [0.4, 0.5) is 16.3 Å². The van der Waals surface area contributed by atoms with Crippen LogP contribution in [0.2, 0.25) is 5.02 Å². The minimum atomic E-state index is -1.17. The normalized spacial score (nSPS) is 12.8. The van der Waals surface area contributed by atoms with Crippen molar-refractivity contribution in [2.24, 2.45) is 5.92 Å². The summed E-state index contributed by atoms with van der Waals surface area (Å²) < 4.78 is 33.1. The Morgan fingerprint density at radius 3 is 2.20 bits per heavy atom. The van der Waals surface area contributed by atoms with Crippen molar-refractivity contribution in [3.8, 4) is 34.4 Å². The van der Waals surface area contributed by atoms with Gasteiger partial charge in [0.15, 0.2) is 6.10 Å². The van der Waals surface area contributed by atoms with E-state index in [2.05, 4.69) is 26.2 Å². The van der Waals surface area contributed by atoms with Crippen LogP contribution in [0.1, 0.15) is 73.1 Å². The average molecular weight is 875 g/mol. The van der Waals surface area contributed by atoms with Gasteiger partial charge in [0.2, 0.25) is 11.6 Å². The third kappa shape index (κ3) is 14.4. The monoisotopic (exact) mass is 874 g/mol. The molecule has 0 aliphatic heterocycles. The fraction of sp³-hybridized carbons (Fsp3) is 0.395. The van der Waals surface area contributed by atoms with E-state index in [1.807, 2.05) is 0 Å². The van der Waals surface area contributed by atoms with Gasteiger partial charge in [0.25, 0.3) is 0 Å². The van der Waals surface area contributed by atoms with Gasteiger partial charge < -0.3 is 39.2 Å². The Bertz CT molecular complexity index is 2290. The molecule has 0 aliphatic rings. The van der Waals surface area contributed by atoms with Gasteiger partial charge in [-0.2, -0.15) is 5.26 Å².